The highest BCUT2D eigenvalue weighted by Crippen LogP contribution is 2.26. The molecule has 3 rings (SSSR count). The standard InChI is InChI=1S/C20H16FNO3S2/c21-16-6-4-15(5-7-16)20(17-2-1-10-27-17)22-18(23)12-25-19(24)8-3-14-9-11-26-13-14/h1-11,13,20H,12H2,(H,22,23)/b8-3+/t20-/m0/s1. The van der Waals surface area contributed by atoms with Crippen molar-refractivity contribution in [2.45, 2.75) is 6.04 Å². The first-order valence-corrected chi connectivity index (χ1v) is 9.89. The van der Waals surface area contributed by atoms with E-state index in [1.165, 1.54) is 40.9 Å². The quantitative estimate of drug-likeness (QED) is 0.471. The summed E-state index contributed by atoms with van der Waals surface area (Å²) >= 11 is 3.00. The molecule has 0 spiro atoms. The van der Waals surface area contributed by atoms with E-state index in [4.69, 9.17) is 4.74 Å². The first-order valence-electron chi connectivity index (χ1n) is 8.07. The van der Waals surface area contributed by atoms with Crippen LogP contribution >= 0.6 is 22.7 Å². The van der Waals surface area contributed by atoms with Crippen LogP contribution in [0.15, 0.2) is 64.7 Å². The number of ether oxygens (including phenoxy) is 1. The van der Waals surface area contributed by atoms with Crippen LogP contribution in [-0.2, 0) is 14.3 Å². The number of nitrogens with one attached hydrogen (secondary N) is 1. The van der Waals surface area contributed by atoms with Crippen molar-refractivity contribution < 1.29 is 18.7 Å². The highest BCUT2D eigenvalue weighted by atomic mass is 32.1. The molecule has 0 saturated heterocycles. The van der Waals surface area contributed by atoms with Crippen LogP contribution in [0.2, 0.25) is 0 Å². The van der Waals surface area contributed by atoms with Crippen LogP contribution in [0.1, 0.15) is 22.0 Å². The highest BCUT2D eigenvalue weighted by molar-refractivity contribution is 7.10. The zero-order valence-corrected chi connectivity index (χ0v) is 15.8. The van der Waals surface area contributed by atoms with E-state index in [0.29, 0.717) is 0 Å². The van der Waals surface area contributed by atoms with Gasteiger partial charge in [0.15, 0.2) is 6.61 Å². The van der Waals surface area contributed by atoms with Crippen molar-refractivity contribution in [3.63, 3.8) is 0 Å². The summed E-state index contributed by atoms with van der Waals surface area (Å²) in [6.45, 7) is -0.393. The van der Waals surface area contributed by atoms with Gasteiger partial charge in [-0.05, 0) is 57.6 Å². The fraction of sp³-hybridized carbons (Fsp3) is 0.100. The smallest absolute Gasteiger partial charge is 0.331 e. The normalized spacial score (nSPS) is 12.0. The van der Waals surface area contributed by atoms with Gasteiger partial charge in [-0.2, -0.15) is 11.3 Å². The van der Waals surface area contributed by atoms with Crippen molar-refractivity contribution in [1.82, 2.24) is 5.32 Å². The predicted octanol–water partition coefficient (Wildman–Crippen LogP) is 4.41. The molecular weight excluding hydrogens is 385 g/mol. The summed E-state index contributed by atoms with van der Waals surface area (Å²) in [5.74, 6) is -1.37. The Morgan fingerprint density at radius 1 is 1.15 bits per heavy atom. The Morgan fingerprint density at radius 2 is 1.96 bits per heavy atom. The molecule has 4 nitrogen and oxygen atoms in total. The second kappa shape index (κ2) is 9.25. The topological polar surface area (TPSA) is 55.4 Å². The molecule has 0 bridgehead atoms. The summed E-state index contributed by atoms with van der Waals surface area (Å²) in [6.07, 6.45) is 2.91. The monoisotopic (exact) mass is 401 g/mol. The van der Waals surface area contributed by atoms with Crippen LogP contribution < -0.4 is 5.32 Å². The van der Waals surface area contributed by atoms with E-state index in [1.54, 1.807) is 18.2 Å². The van der Waals surface area contributed by atoms with E-state index < -0.39 is 24.5 Å². The van der Waals surface area contributed by atoms with Crippen LogP contribution in [0, 0.1) is 5.82 Å². The molecular formula is C20H16FNO3S2. The van der Waals surface area contributed by atoms with Crippen molar-refractivity contribution in [2.75, 3.05) is 6.61 Å². The number of carbonyl (C=O) groups is 2. The van der Waals surface area contributed by atoms with Crippen molar-refractivity contribution in [1.29, 1.82) is 0 Å². The van der Waals surface area contributed by atoms with Crippen molar-refractivity contribution in [2.24, 2.45) is 0 Å². The molecule has 27 heavy (non-hydrogen) atoms. The van der Waals surface area contributed by atoms with E-state index in [2.05, 4.69) is 5.32 Å². The maximum Gasteiger partial charge on any atom is 0.331 e. The lowest BCUT2D eigenvalue weighted by Crippen LogP contribution is -2.32. The molecule has 0 fully saturated rings. The van der Waals surface area contributed by atoms with Crippen LogP contribution in [0.25, 0.3) is 6.08 Å². The van der Waals surface area contributed by atoms with Crippen LogP contribution in [0.3, 0.4) is 0 Å². The van der Waals surface area contributed by atoms with Gasteiger partial charge in [0.2, 0.25) is 0 Å². The summed E-state index contributed by atoms with van der Waals surface area (Å²) in [7, 11) is 0. The Bertz CT molecular complexity index is 903. The number of hydrogen-bond acceptors (Lipinski definition) is 5. The van der Waals surface area contributed by atoms with E-state index in [-0.39, 0.29) is 5.82 Å². The van der Waals surface area contributed by atoms with Crippen molar-refractivity contribution in [3.05, 3.63) is 86.5 Å². The van der Waals surface area contributed by atoms with Crippen LogP contribution in [0.4, 0.5) is 4.39 Å². The average Bonchev–Trinajstić information content (AvgIpc) is 3.37. The molecule has 0 saturated carbocycles. The molecule has 1 amide bonds. The Labute approximate surface area is 163 Å². The molecule has 0 aliphatic rings. The number of rotatable bonds is 7. The summed E-state index contributed by atoms with van der Waals surface area (Å²) in [5, 5.41) is 8.52. The number of amides is 1. The summed E-state index contributed by atoms with van der Waals surface area (Å²) in [4.78, 5) is 24.9. The second-order valence-electron chi connectivity index (χ2n) is 5.57. The number of benzene rings is 1. The fourth-order valence-electron chi connectivity index (χ4n) is 2.35. The molecule has 2 aromatic heterocycles. The molecule has 0 aliphatic heterocycles. The third kappa shape index (κ3) is 5.60. The van der Waals surface area contributed by atoms with Crippen LogP contribution in [-0.4, -0.2) is 18.5 Å². The lowest BCUT2D eigenvalue weighted by atomic mass is 10.1. The van der Waals surface area contributed by atoms with Gasteiger partial charge < -0.3 is 10.1 Å². The van der Waals surface area contributed by atoms with E-state index in [1.807, 2.05) is 34.3 Å². The largest absolute Gasteiger partial charge is 0.452 e. The highest BCUT2D eigenvalue weighted by Gasteiger charge is 2.18. The molecule has 0 unspecified atom stereocenters. The molecule has 7 heteroatoms. The number of halogens is 1. The Morgan fingerprint density at radius 3 is 2.63 bits per heavy atom. The lowest BCUT2D eigenvalue weighted by Gasteiger charge is -2.18. The molecule has 2 heterocycles. The van der Waals surface area contributed by atoms with Gasteiger partial charge in [-0.25, -0.2) is 9.18 Å². The predicted molar refractivity (Wildman–Crippen MR) is 105 cm³/mol. The maximum atomic E-state index is 13.2. The van der Waals surface area contributed by atoms with Gasteiger partial charge in [-0.3, -0.25) is 4.79 Å². The lowest BCUT2D eigenvalue weighted by molar-refractivity contribution is -0.143. The zero-order chi connectivity index (χ0) is 19.1. The first kappa shape index (κ1) is 19.0. The molecule has 0 aliphatic carbocycles. The Balaban J connectivity index is 1.59. The molecule has 1 atom stereocenters. The molecule has 1 aromatic carbocycles. The van der Waals surface area contributed by atoms with Gasteiger partial charge >= 0.3 is 5.97 Å². The van der Waals surface area contributed by atoms with Gasteiger partial charge in [0.25, 0.3) is 5.91 Å². The fourth-order valence-corrected chi connectivity index (χ4v) is 3.78. The van der Waals surface area contributed by atoms with E-state index in [9.17, 15) is 14.0 Å². The van der Waals surface area contributed by atoms with E-state index >= 15 is 0 Å². The van der Waals surface area contributed by atoms with Gasteiger partial charge in [-0.15, -0.1) is 11.3 Å². The number of thiophene rings is 2. The summed E-state index contributed by atoms with van der Waals surface area (Å²) < 4.78 is 18.2. The van der Waals surface area contributed by atoms with Gasteiger partial charge in [0.05, 0.1) is 6.04 Å². The average molecular weight is 401 g/mol. The third-order valence-electron chi connectivity index (χ3n) is 3.64. The van der Waals surface area contributed by atoms with Gasteiger partial charge in [0, 0.05) is 11.0 Å². The summed E-state index contributed by atoms with van der Waals surface area (Å²) in [5.41, 5.74) is 1.64. The number of esters is 1. The van der Waals surface area contributed by atoms with Gasteiger partial charge in [-0.1, -0.05) is 18.2 Å². The minimum atomic E-state index is -0.592. The Kier molecular flexibility index (Phi) is 6.51. The number of carbonyl (C=O) groups excluding carboxylic acids is 2. The minimum Gasteiger partial charge on any atom is -0.452 e. The van der Waals surface area contributed by atoms with Gasteiger partial charge in [0.1, 0.15) is 5.82 Å². The third-order valence-corrected chi connectivity index (χ3v) is 5.28. The van der Waals surface area contributed by atoms with E-state index in [0.717, 1.165) is 16.0 Å². The molecule has 138 valence electrons. The van der Waals surface area contributed by atoms with Crippen molar-refractivity contribution >= 4 is 40.6 Å². The second-order valence-corrected chi connectivity index (χ2v) is 7.32. The first-order chi connectivity index (χ1) is 13.1. The molecule has 3 aromatic rings. The summed E-state index contributed by atoms with van der Waals surface area (Å²) in [6, 6.07) is 11.1. The van der Waals surface area contributed by atoms with Crippen LogP contribution in [0.5, 0.6) is 0 Å². The zero-order valence-electron chi connectivity index (χ0n) is 14.1. The maximum absolute atomic E-state index is 13.2. The van der Waals surface area contributed by atoms with Crippen molar-refractivity contribution in [3.8, 4) is 0 Å². The Hall–Kier alpha value is -2.77. The molecule has 0 radical (unpaired) electrons. The number of hydrogen-bond donors (Lipinski definition) is 1. The SMILES string of the molecule is O=C(COC(=O)/C=C/c1ccsc1)N[C@@H](c1ccc(F)cc1)c1cccs1. The minimum absolute atomic E-state index is 0.346. The molecule has 1 N–H and O–H groups in total.